The van der Waals surface area contributed by atoms with E-state index in [1.165, 1.54) is 5.56 Å². The number of aryl methyl sites for hydroxylation is 1. The summed E-state index contributed by atoms with van der Waals surface area (Å²) in [5.41, 5.74) is 5.13. The smallest absolute Gasteiger partial charge is 0.161 e. The number of hydrogen-bond acceptors (Lipinski definition) is 5. The molecule has 1 N–H and O–H groups in total. The molecule has 0 amide bonds. The molecular weight excluding hydrogens is 374 g/mol. The van der Waals surface area contributed by atoms with Gasteiger partial charge in [0.1, 0.15) is 12.1 Å². The van der Waals surface area contributed by atoms with E-state index < -0.39 is 0 Å². The molecule has 2 aromatic heterocycles. The molecule has 3 heterocycles. The summed E-state index contributed by atoms with van der Waals surface area (Å²) in [5, 5.41) is 9.92. The molecule has 4 rings (SSSR count). The van der Waals surface area contributed by atoms with Gasteiger partial charge in [0.05, 0.1) is 24.2 Å². The van der Waals surface area contributed by atoms with Crippen LogP contribution in [0.4, 0.5) is 0 Å². The third-order valence-corrected chi connectivity index (χ3v) is 6.27. The van der Waals surface area contributed by atoms with E-state index in [1.54, 1.807) is 13.4 Å². The standard InChI is InChI=1S/C21H26ClN5O/c1-12-18(22)9-16(20(28-4)19(12)15-5-7-23-8-6-15)14(3)27-21-17(13(2)26-27)10-24-11-25-21/h9-11,14-15,23H,5-8H2,1-4H3. The number of halogens is 1. The number of ether oxygens (including phenoxy) is 1. The van der Waals surface area contributed by atoms with Crippen molar-refractivity contribution in [2.75, 3.05) is 20.2 Å². The maximum absolute atomic E-state index is 6.70. The Hall–Kier alpha value is -2.18. The van der Waals surface area contributed by atoms with Crippen LogP contribution < -0.4 is 10.1 Å². The molecule has 1 aliphatic heterocycles. The van der Waals surface area contributed by atoms with E-state index in [2.05, 4.69) is 29.1 Å². The van der Waals surface area contributed by atoms with Gasteiger partial charge >= 0.3 is 0 Å². The molecule has 0 saturated carbocycles. The minimum atomic E-state index is -0.0698. The van der Waals surface area contributed by atoms with Crippen molar-refractivity contribution in [1.82, 2.24) is 25.1 Å². The van der Waals surface area contributed by atoms with Crippen LogP contribution in [0.2, 0.25) is 5.02 Å². The SMILES string of the molecule is COc1c(C(C)n2nc(C)c3cncnc32)cc(Cl)c(C)c1C1CCNCC1. The minimum Gasteiger partial charge on any atom is -0.496 e. The van der Waals surface area contributed by atoms with Gasteiger partial charge < -0.3 is 10.1 Å². The van der Waals surface area contributed by atoms with Gasteiger partial charge in [0, 0.05) is 22.3 Å². The predicted molar refractivity (Wildman–Crippen MR) is 111 cm³/mol. The van der Waals surface area contributed by atoms with Gasteiger partial charge in [-0.1, -0.05) is 11.6 Å². The van der Waals surface area contributed by atoms with E-state index >= 15 is 0 Å². The van der Waals surface area contributed by atoms with Crippen LogP contribution >= 0.6 is 11.6 Å². The van der Waals surface area contributed by atoms with Crippen LogP contribution in [-0.4, -0.2) is 39.9 Å². The molecule has 1 fully saturated rings. The van der Waals surface area contributed by atoms with Crippen LogP contribution in [0.5, 0.6) is 5.75 Å². The van der Waals surface area contributed by atoms with Gasteiger partial charge in [0.15, 0.2) is 5.65 Å². The third kappa shape index (κ3) is 3.14. The van der Waals surface area contributed by atoms with Crippen LogP contribution in [0, 0.1) is 13.8 Å². The zero-order chi connectivity index (χ0) is 19.8. The lowest BCUT2D eigenvalue weighted by molar-refractivity contribution is 0.380. The Morgan fingerprint density at radius 2 is 2.04 bits per heavy atom. The van der Waals surface area contributed by atoms with Crippen molar-refractivity contribution in [3.8, 4) is 5.75 Å². The number of fused-ring (bicyclic) bond motifs is 1. The average molecular weight is 400 g/mol. The summed E-state index contributed by atoms with van der Waals surface area (Å²) in [6.45, 7) is 8.23. The van der Waals surface area contributed by atoms with Crippen LogP contribution in [0.1, 0.15) is 54.1 Å². The number of nitrogens with one attached hydrogen (secondary N) is 1. The summed E-state index contributed by atoms with van der Waals surface area (Å²) in [5.74, 6) is 1.37. The van der Waals surface area contributed by atoms with E-state index in [0.717, 1.165) is 64.6 Å². The quantitative estimate of drug-likeness (QED) is 0.712. The lowest BCUT2D eigenvalue weighted by atomic mass is 9.84. The molecule has 0 bridgehead atoms. The van der Waals surface area contributed by atoms with Gasteiger partial charge in [-0.25, -0.2) is 14.6 Å². The molecule has 1 saturated heterocycles. The molecule has 1 unspecified atom stereocenters. The first-order chi connectivity index (χ1) is 13.5. The van der Waals surface area contributed by atoms with Crippen LogP contribution in [0.15, 0.2) is 18.6 Å². The third-order valence-electron chi connectivity index (χ3n) is 5.88. The number of methoxy groups -OCH3 is 1. The highest BCUT2D eigenvalue weighted by molar-refractivity contribution is 6.31. The fourth-order valence-electron chi connectivity index (χ4n) is 4.33. The Morgan fingerprint density at radius 3 is 2.75 bits per heavy atom. The predicted octanol–water partition coefficient (Wildman–Crippen LogP) is 4.18. The molecule has 0 aliphatic carbocycles. The van der Waals surface area contributed by atoms with Crippen molar-refractivity contribution in [3.05, 3.63) is 46.0 Å². The number of rotatable bonds is 4. The average Bonchev–Trinajstić information content (AvgIpc) is 3.06. The number of aromatic nitrogens is 4. The topological polar surface area (TPSA) is 64.9 Å². The van der Waals surface area contributed by atoms with Crippen LogP contribution in [-0.2, 0) is 0 Å². The van der Waals surface area contributed by atoms with E-state index in [4.69, 9.17) is 21.4 Å². The van der Waals surface area contributed by atoms with Crippen LogP contribution in [0.3, 0.4) is 0 Å². The number of nitrogens with zero attached hydrogens (tertiary/aromatic N) is 4. The van der Waals surface area contributed by atoms with Gasteiger partial charge in [-0.2, -0.15) is 5.10 Å². The Balaban J connectivity index is 1.88. The first kappa shape index (κ1) is 19.2. The van der Waals surface area contributed by atoms with E-state index in [-0.39, 0.29) is 6.04 Å². The summed E-state index contributed by atoms with van der Waals surface area (Å²) >= 11 is 6.70. The molecule has 0 radical (unpaired) electrons. The maximum Gasteiger partial charge on any atom is 0.161 e. The Bertz CT molecular complexity index is 1010. The number of piperidine rings is 1. The molecule has 7 heteroatoms. The molecule has 3 aromatic rings. The molecule has 1 aliphatic rings. The summed E-state index contributed by atoms with van der Waals surface area (Å²) in [4.78, 5) is 8.60. The van der Waals surface area contributed by atoms with Crippen molar-refractivity contribution in [2.45, 2.75) is 45.6 Å². The monoisotopic (exact) mass is 399 g/mol. The molecular formula is C21H26ClN5O. The normalized spacial score (nSPS) is 16.5. The highest BCUT2D eigenvalue weighted by atomic mass is 35.5. The van der Waals surface area contributed by atoms with E-state index in [0.29, 0.717) is 5.92 Å². The lowest BCUT2D eigenvalue weighted by Gasteiger charge is -2.29. The van der Waals surface area contributed by atoms with Crippen molar-refractivity contribution in [2.24, 2.45) is 0 Å². The summed E-state index contributed by atoms with van der Waals surface area (Å²) in [7, 11) is 1.75. The first-order valence-electron chi connectivity index (χ1n) is 9.75. The summed E-state index contributed by atoms with van der Waals surface area (Å²) in [6, 6.07) is 1.95. The Labute approximate surface area is 170 Å². The fraction of sp³-hybridized carbons (Fsp3) is 0.476. The Morgan fingerprint density at radius 1 is 1.29 bits per heavy atom. The second-order valence-corrected chi connectivity index (χ2v) is 7.92. The molecule has 1 aromatic carbocycles. The minimum absolute atomic E-state index is 0.0698. The summed E-state index contributed by atoms with van der Waals surface area (Å²) < 4.78 is 7.92. The molecule has 28 heavy (non-hydrogen) atoms. The van der Waals surface area contributed by atoms with Crippen molar-refractivity contribution in [3.63, 3.8) is 0 Å². The maximum atomic E-state index is 6.70. The zero-order valence-corrected chi connectivity index (χ0v) is 17.5. The van der Waals surface area contributed by atoms with Crippen molar-refractivity contribution in [1.29, 1.82) is 0 Å². The fourth-order valence-corrected chi connectivity index (χ4v) is 4.55. The number of hydrogen-bond donors (Lipinski definition) is 1. The van der Waals surface area contributed by atoms with Gasteiger partial charge in [-0.05, 0) is 64.3 Å². The highest BCUT2D eigenvalue weighted by Crippen LogP contribution is 2.43. The lowest BCUT2D eigenvalue weighted by Crippen LogP contribution is -2.27. The van der Waals surface area contributed by atoms with Gasteiger partial charge in [-0.15, -0.1) is 0 Å². The second kappa shape index (κ2) is 7.68. The second-order valence-electron chi connectivity index (χ2n) is 7.51. The van der Waals surface area contributed by atoms with E-state index in [9.17, 15) is 0 Å². The molecule has 0 spiro atoms. The zero-order valence-electron chi connectivity index (χ0n) is 16.8. The van der Waals surface area contributed by atoms with E-state index in [1.807, 2.05) is 23.9 Å². The Kier molecular flexibility index (Phi) is 5.25. The van der Waals surface area contributed by atoms with Gasteiger partial charge in [0.25, 0.3) is 0 Å². The molecule has 6 nitrogen and oxygen atoms in total. The first-order valence-corrected chi connectivity index (χ1v) is 10.1. The van der Waals surface area contributed by atoms with Crippen LogP contribution in [0.25, 0.3) is 11.0 Å². The van der Waals surface area contributed by atoms with Gasteiger partial charge in [-0.3, -0.25) is 0 Å². The van der Waals surface area contributed by atoms with Gasteiger partial charge in [0.2, 0.25) is 0 Å². The number of benzene rings is 1. The van der Waals surface area contributed by atoms with Crippen molar-refractivity contribution < 1.29 is 4.74 Å². The molecule has 148 valence electrons. The molecule has 1 atom stereocenters. The van der Waals surface area contributed by atoms with Crippen molar-refractivity contribution >= 4 is 22.6 Å². The highest BCUT2D eigenvalue weighted by Gasteiger charge is 2.28. The largest absolute Gasteiger partial charge is 0.496 e. The summed E-state index contributed by atoms with van der Waals surface area (Å²) in [6.07, 6.45) is 5.55.